The van der Waals surface area contributed by atoms with Crippen LogP contribution in [-0.4, -0.2) is 15.9 Å². The van der Waals surface area contributed by atoms with Gasteiger partial charge in [-0.2, -0.15) is 0 Å². The van der Waals surface area contributed by atoms with E-state index in [9.17, 15) is 4.79 Å². The highest BCUT2D eigenvalue weighted by atomic mass is 16.1. The molecule has 2 aromatic carbocycles. The largest absolute Gasteiger partial charge is 0.346 e. The highest BCUT2D eigenvalue weighted by Crippen LogP contribution is 2.25. The molecule has 0 saturated carbocycles. The number of rotatable bonds is 5. The third-order valence-corrected chi connectivity index (χ3v) is 5.58. The third-order valence-electron chi connectivity index (χ3n) is 5.58. The Morgan fingerprint density at radius 1 is 0.933 bits per heavy atom. The van der Waals surface area contributed by atoms with Crippen molar-refractivity contribution in [3.8, 4) is 0 Å². The van der Waals surface area contributed by atoms with Gasteiger partial charge in [0, 0.05) is 22.6 Å². The summed E-state index contributed by atoms with van der Waals surface area (Å²) >= 11 is 0. The first-order chi connectivity index (χ1) is 14.5. The molecule has 0 aliphatic heterocycles. The van der Waals surface area contributed by atoms with Gasteiger partial charge < -0.3 is 10.6 Å². The van der Waals surface area contributed by atoms with E-state index in [1.807, 2.05) is 51.1 Å². The average Bonchev–Trinajstić information content (AvgIpc) is 2.72. The molecule has 0 spiro atoms. The number of aryl methyl sites for hydroxylation is 4. The maximum absolute atomic E-state index is 12.9. The molecule has 1 amide bonds. The monoisotopic (exact) mass is 400 g/mol. The van der Waals surface area contributed by atoms with Crippen molar-refractivity contribution >= 4 is 17.5 Å². The van der Waals surface area contributed by atoms with Crippen molar-refractivity contribution in [3.63, 3.8) is 0 Å². The number of hydrogen-bond acceptors (Lipinski definition) is 4. The summed E-state index contributed by atoms with van der Waals surface area (Å²) in [6, 6.07) is 15.9. The number of benzene rings is 2. The maximum Gasteiger partial charge on any atom is 0.251 e. The molecule has 1 aliphatic rings. The number of aromatic nitrogens is 2. The van der Waals surface area contributed by atoms with Gasteiger partial charge in [0.05, 0.1) is 6.04 Å². The molecule has 3 aromatic rings. The van der Waals surface area contributed by atoms with Crippen molar-refractivity contribution in [3.05, 3.63) is 82.2 Å². The molecule has 1 atom stereocenters. The van der Waals surface area contributed by atoms with Crippen LogP contribution in [-0.2, 0) is 12.8 Å². The smallest absolute Gasteiger partial charge is 0.251 e. The van der Waals surface area contributed by atoms with Crippen LogP contribution < -0.4 is 10.6 Å². The predicted molar refractivity (Wildman–Crippen MR) is 120 cm³/mol. The molecule has 30 heavy (non-hydrogen) atoms. The molecule has 2 N–H and O–H groups in total. The summed E-state index contributed by atoms with van der Waals surface area (Å²) in [5, 5.41) is 6.33. The SMILES string of the molecule is Cc1cc(C)nc(Nc2cccc(C(=O)NC(C)c3ccc4c(c3)CCCC4)c2)n1. The molecule has 154 valence electrons. The van der Waals surface area contributed by atoms with Crippen molar-refractivity contribution in [2.75, 3.05) is 5.32 Å². The molecular weight excluding hydrogens is 372 g/mol. The molecular formula is C25H28N4O. The summed E-state index contributed by atoms with van der Waals surface area (Å²) in [5.41, 5.74) is 7.23. The number of hydrogen-bond donors (Lipinski definition) is 2. The number of anilines is 2. The summed E-state index contributed by atoms with van der Waals surface area (Å²) in [4.78, 5) is 21.7. The summed E-state index contributed by atoms with van der Waals surface area (Å²) in [5.74, 6) is 0.442. The van der Waals surface area contributed by atoms with E-state index in [1.54, 1.807) is 0 Å². The molecule has 1 heterocycles. The number of nitrogens with one attached hydrogen (secondary N) is 2. The van der Waals surface area contributed by atoms with E-state index in [-0.39, 0.29) is 11.9 Å². The Labute approximate surface area is 178 Å². The van der Waals surface area contributed by atoms with Gasteiger partial charge in [-0.3, -0.25) is 4.79 Å². The standard InChI is InChI=1S/C25H28N4O/c1-16-13-17(2)27-25(26-16)29-23-10-6-9-22(15-23)24(30)28-18(3)20-12-11-19-7-4-5-8-21(19)14-20/h6,9-15,18H,4-5,7-8H2,1-3H3,(H,28,30)(H,26,27,29). The second-order valence-corrected chi connectivity index (χ2v) is 8.11. The number of carbonyl (C=O) groups excluding carboxylic acids is 1. The Bertz CT molecular complexity index is 1060. The molecule has 5 heteroatoms. The highest BCUT2D eigenvalue weighted by Gasteiger charge is 2.15. The number of amides is 1. The molecule has 1 aliphatic carbocycles. The van der Waals surface area contributed by atoms with Crippen LogP contribution in [0.25, 0.3) is 0 Å². The fourth-order valence-electron chi connectivity index (χ4n) is 4.04. The molecule has 0 fully saturated rings. The second kappa shape index (κ2) is 8.66. The first-order valence-corrected chi connectivity index (χ1v) is 10.6. The predicted octanol–water partition coefficient (Wildman–Crippen LogP) is 5.21. The van der Waals surface area contributed by atoms with Crippen molar-refractivity contribution < 1.29 is 4.79 Å². The van der Waals surface area contributed by atoms with Crippen LogP contribution in [0.3, 0.4) is 0 Å². The summed E-state index contributed by atoms with van der Waals surface area (Å²) in [6.45, 7) is 5.91. The van der Waals surface area contributed by atoms with E-state index in [1.165, 1.54) is 30.4 Å². The lowest BCUT2D eigenvalue weighted by Crippen LogP contribution is -2.26. The Kier molecular flexibility index (Phi) is 5.79. The van der Waals surface area contributed by atoms with Crippen molar-refractivity contribution in [1.82, 2.24) is 15.3 Å². The molecule has 1 aromatic heterocycles. The van der Waals surface area contributed by atoms with Gasteiger partial charge in [-0.15, -0.1) is 0 Å². The lowest BCUT2D eigenvalue weighted by atomic mass is 9.89. The fourth-order valence-corrected chi connectivity index (χ4v) is 4.04. The van der Waals surface area contributed by atoms with Gasteiger partial charge in [0.1, 0.15) is 0 Å². The molecule has 5 nitrogen and oxygen atoms in total. The van der Waals surface area contributed by atoms with Gasteiger partial charge in [-0.05, 0) is 87.4 Å². The average molecular weight is 401 g/mol. The van der Waals surface area contributed by atoms with Gasteiger partial charge >= 0.3 is 0 Å². The second-order valence-electron chi connectivity index (χ2n) is 8.11. The number of carbonyl (C=O) groups is 1. The number of nitrogens with zero attached hydrogens (tertiary/aromatic N) is 2. The normalized spacial score (nSPS) is 14.0. The topological polar surface area (TPSA) is 66.9 Å². The van der Waals surface area contributed by atoms with E-state index in [2.05, 4.69) is 38.8 Å². The van der Waals surface area contributed by atoms with E-state index in [4.69, 9.17) is 0 Å². The van der Waals surface area contributed by atoms with Crippen LogP contribution >= 0.6 is 0 Å². The zero-order chi connectivity index (χ0) is 21.1. The third kappa shape index (κ3) is 4.67. The van der Waals surface area contributed by atoms with Crippen LogP contribution in [0, 0.1) is 13.8 Å². The van der Waals surface area contributed by atoms with Crippen LogP contribution in [0.4, 0.5) is 11.6 Å². The molecule has 0 saturated heterocycles. The van der Waals surface area contributed by atoms with Gasteiger partial charge in [0.25, 0.3) is 5.91 Å². The van der Waals surface area contributed by atoms with Crippen molar-refractivity contribution in [2.24, 2.45) is 0 Å². The first kappa shape index (κ1) is 20.1. The Morgan fingerprint density at radius 2 is 1.67 bits per heavy atom. The molecule has 1 unspecified atom stereocenters. The van der Waals surface area contributed by atoms with E-state index in [0.29, 0.717) is 11.5 Å². The zero-order valence-corrected chi connectivity index (χ0v) is 17.8. The minimum atomic E-state index is -0.0924. The van der Waals surface area contributed by atoms with E-state index in [0.717, 1.165) is 29.1 Å². The minimum absolute atomic E-state index is 0.0518. The maximum atomic E-state index is 12.9. The first-order valence-electron chi connectivity index (χ1n) is 10.6. The van der Waals surface area contributed by atoms with Gasteiger partial charge in [0.2, 0.25) is 5.95 Å². The quantitative estimate of drug-likeness (QED) is 0.617. The van der Waals surface area contributed by atoms with Crippen molar-refractivity contribution in [2.45, 2.75) is 52.5 Å². The lowest BCUT2D eigenvalue weighted by Gasteiger charge is -2.20. The fraction of sp³-hybridized carbons (Fsp3) is 0.320. The summed E-state index contributed by atoms with van der Waals surface area (Å²) in [6.07, 6.45) is 4.83. The van der Waals surface area contributed by atoms with Crippen LogP contribution in [0.1, 0.15) is 64.2 Å². The highest BCUT2D eigenvalue weighted by molar-refractivity contribution is 5.95. The molecule has 0 radical (unpaired) electrons. The van der Waals surface area contributed by atoms with E-state index >= 15 is 0 Å². The van der Waals surface area contributed by atoms with Crippen LogP contribution in [0.5, 0.6) is 0 Å². The Hall–Kier alpha value is -3.21. The lowest BCUT2D eigenvalue weighted by molar-refractivity contribution is 0.0940. The molecule has 0 bridgehead atoms. The van der Waals surface area contributed by atoms with Gasteiger partial charge in [-0.1, -0.05) is 24.3 Å². The van der Waals surface area contributed by atoms with Gasteiger partial charge in [0.15, 0.2) is 0 Å². The number of fused-ring (bicyclic) bond motifs is 1. The summed E-state index contributed by atoms with van der Waals surface area (Å²) < 4.78 is 0. The Balaban J connectivity index is 1.46. The van der Waals surface area contributed by atoms with Crippen LogP contribution in [0.2, 0.25) is 0 Å². The minimum Gasteiger partial charge on any atom is -0.346 e. The Morgan fingerprint density at radius 3 is 2.43 bits per heavy atom. The zero-order valence-electron chi connectivity index (χ0n) is 17.8. The van der Waals surface area contributed by atoms with E-state index < -0.39 is 0 Å². The van der Waals surface area contributed by atoms with Crippen molar-refractivity contribution in [1.29, 1.82) is 0 Å². The van der Waals surface area contributed by atoms with Gasteiger partial charge in [-0.25, -0.2) is 9.97 Å². The summed E-state index contributed by atoms with van der Waals surface area (Å²) in [7, 11) is 0. The van der Waals surface area contributed by atoms with Crippen LogP contribution in [0.15, 0.2) is 48.5 Å². The molecule has 4 rings (SSSR count).